The van der Waals surface area contributed by atoms with Crippen LogP contribution in [0.2, 0.25) is 0 Å². The molecule has 1 aromatic rings. The normalized spacial score (nSPS) is 22.7. The van der Waals surface area contributed by atoms with E-state index in [-0.39, 0.29) is 5.91 Å². The van der Waals surface area contributed by atoms with Crippen molar-refractivity contribution in [3.63, 3.8) is 0 Å². The van der Waals surface area contributed by atoms with E-state index in [0.717, 1.165) is 25.1 Å². The summed E-state index contributed by atoms with van der Waals surface area (Å²) >= 11 is 0. The first-order valence-electron chi connectivity index (χ1n) is 7.09. The van der Waals surface area contributed by atoms with Crippen molar-refractivity contribution in [2.24, 2.45) is 18.7 Å². The molecule has 19 heavy (non-hydrogen) atoms. The molecule has 1 aliphatic rings. The molecule has 5 heteroatoms. The molecule has 0 aromatic carbocycles. The lowest BCUT2D eigenvalue weighted by Crippen LogP contribution is -2.44. The number of hydrogen-bond acceptors (Lipinski definition) is 3. The molecule has 2 N–H and O–H groups in total. The molecule has 0 spiro atoms. The first-order chi connectivity index (χ1) is 9.10. The highest BCUT2D eigenvalue weighted by atomic mass is 16.2. The van der Waals surface area contributed by atoms with Crippen molar-refractivity contribution in [2.45, 2.75) is 39.2 Å². The average Bonchev–Trinajstić information content (AvgIpc) is 2.99. The van der Waals surface area contributed by atoms with Crippen molar-refractivity contribution in [3.05, 3.63) is 17.5 Å². The lowest BCUT2D eigenvalue weighted by Gasteiger charge is -2.31. The Balaban J connectivity index is 2.22. The van der Waals surface area contributed by atoms with E-state index < -0.39 is 0 Å². The Morgan fingerprint density at radius 2 is 2.32 bits per heavy atom. The molecule has 0 aliphatic heterocycles. The molecule has 0 bridgehead atoms. The molecule has 1 saturated carbocycles. The van der Waals surface area contributed by atoms with Crippen LogP contribution in [0.5, 0.6) is 0 Å². The lowest BCUT2D eigenvalue weighted by atomic mass is 10.0. The minimum absolute atomic E-state index is 0.0958. The number of aryl methyl sites for hydroxylation is 1. The molecule has 2 atom stereocenters. The summed E-state index contributed by atoms with van der Waals surface area (Å²) in [6.07, 6.45) is 5.05. The second-order valence-electron chi connectivity index (χ2n) is 5.35. The van der Waals surface area contributed by atoms with Gasteiger partial charge in [0.1, 0.15) is 0 Å². The zero-order valence-corrected chi connectivity index (χ0v) is 12.1. The molecule has 2 rings (SSSR count). The van der Waals surface area contributed by atoms with Gasteiger partial charge >= 0.3 is 0 Å². The first kappa shape index (κ1) is 14.1. The van der Waals surface area contributed by atoms with Crippen molar-refractivity contribution in [3.8, 4) is 0 Å². The molecular formula is C14H24N4O. The smallest absolute Gasteiger partial charge is 0.257 e. The predicted molar refractivity (Wildman–Crippen MR) is 74.8 cm³/mol. The van der Waals surface area contributed by atoms with Gasteiger partial charge in [-0.2, -0.15) is 5.10 Å². The fourth-order valence-corrected chi connectivity index (χ4v) is 3.09. The maximum absolute atomic E-state index is 12.7. The molecule has 1 amide bonds. The second-order valence-corrected chi connectivity index (χ2v) is 5.35. The van der Waals surface area contributed by atoms with Crippen LogP contribution < -0.4 is 5.73 Å². The highest BCUT2D eigenvalue weighted by Gasteiger charge is 2.34. The predicted octanol–water partition coefficient (Wildman–Crippen LogP) is 1.32. The zero-order valence-electron chi connectivity index (χ0n) is 12.1. The average molecular weight is 264 g/mol. The van der Waals surface area contributed by atoms with Gasteiger partial charge in [-0.15, -0.1) is 0 Å². The number of nitrogens with zero attached hydrogens (tertiary/aromatic N) is 3. The fraction of sp³-hybridized carbons (Fsp3) is 0.714. The van der Waals surface area contributed by atoms with Gasteiger partial charge in [0.15, 0.2) is 0 Å². The molecule has 1 aromatic heterocycles. The molecule has 0 saturated heterocycles. The van der Waals surface area contributed by atoms with Gasteiger partial charge in [-0.25, -0.2) is 0 Å². The van der Waals surface area contributed by atoms with E-state index in [0.29, 0.717) is 24.1 Å². The molecule has 1 aliphatic carbocycles. The molecule has 0 radical (unpaired) electrons. The van der Waals surface area contributed by atoms with Gasteiger partial charge in [0.05, 0.1) is 11.8 Å². The van der Waals surface area contributed by atoms with E-state index >= 15 is 0 Å². The Bertz CT molecular complexity index is 454. The van der Waals surface area contributed by atoms with E-state index in [1.807, 2.05) is 25.8 Å². The monoisotopic (exact) mass is 264 g/mol. The molecule has 5 nitrogen and oxygen atoms in total. The van der Waals surface area contributed by atoms with Crippen LogP contribution in [0.4, 0.5) is 0 Å². The Morgan fingerprint density at radius 3 is 2.84 bits per heavy atom. The summed E-state index contributed by atoms with van der Waals surface area (Å²) in [5, 5.41) is 4.16. The second kappa shape index (κ2) is 5.74. The van der Waals surface area contributed by atoms with Crippen LogP contribution in [0.3, 0.4) is 0 Å². The Kier molecular flexibility index (Phi) is 4.24. The molecular weight excluding hydrogens is 240 g/mol. The standard InChI is InChI=1S/C14H24N4O/c1-4-18(13-7-5-6-11(13)8-15)14(19)12-9-16-17(3)10(12)2/h9,11,13H,4-8,15H2,1-3H3. The summed E-state index contributed by atoms with van der Waals surface area (Å²) < 4.78 is 1.75. The van der Waals surface area contributed by atoms with Gasteiger partial charge in [-0.3, -0.25) is 9.48 Å². The number of hydrogen-bond donors (Lipinski definition) is 1. The Labute approximate surface area is 114 Å². The van der Waals surface area contributed by atoms with Crippen LogP contribution in [0.1, 0.15) is 42.2 Å². The number of rotatable bonds is 4. The van der Waals surface area contributed by atoms with Gasteiger partial charge in [0.2, 0.25) is 0 Å². The number of amides is 1. The first-order valence-corrected chi connectivity index (χ1v) is 7.09. The third-order valence-corrected chi connectivity index (χ3v) is 4.39. The third-order valence-electron chi connectivity index (χ3n) is 4.39. The van der Waals surface area contributed by atoms with E-state index in [4.69, 9.17) is 5.73 Å². The lowest BCUT2D eigenvalue weighted by molar-refractivity contribution is 0.0651. The van der Waals surface area contributed by atoms with Crippen molar-refractivity contribution < 1.29 is 4.79 Å². The van der Waals surface area contributed by atoms with Crippen molar-refractivity contribution in [1.29, 1.82) is 0 Å². The third kappa shape index (κ3) is 2.52. The Morgan fingerprint density at radius 1 is 1.58 bits per heavy atom. The summed E-state index contributed by atoms with van der Waals surface area (Å²) in [7, 11) is 1.86. The van der Waals surface area contributed by atoms with Gasteiger partial charge in [-0.1, -0.05) is 6.42 Å². The summed E-state index contributed by atoms with van der Waals surface area (Å²) in [5.74, 6) is 0.541. The summed E-state index contributed by atoms with van der Waals surface area (Å²) in [6.45, 7) is 5.37. The topological polar surface area (TPSA) is 64.2 Å². The van der Waals surface area contributed by atoms with Crippen LogP contribution in [0.25, 0.3) is 0 Å². The van der Waals surface area contributed by atoms with E-state index in [9.17, 15) is 4.79 Å². The summed E-state index contributed by atoms with van der Waals surface area (Å²) in [5.41, 5.74) is 7.47. The van der Waals surface area contributed by atoms with Crippen molar-refractivity contribution in [1.82, 2.24) is 14.7 Å². The van der Waals surface area contributed by atoms with Gasteiger partial charge in [0.25, 0.3) is 5.91 Å². The van der Waals surface area contributed by atoms with E-state index in [2.05, 4.69) is 5.10 Å². The van der Waals surface area contributed by atoms with Crippen LogP contribution in [0, 0.1) is 12.8 Å². The minimum Gasteiger partial charge on any atom is -0.336 e. The fourth-order valence-electron chi connectivity index (χ4n) is 3.09. The van der Waals surface area contributed by atoms with Gasteiger partial charge in [0, 0.05) is 25.3 Å². The number of nitrogens with two attached hydrogens (primary N) is 1. The van der Waals surface area contributed by atoms with Crippen LogP contribution in [-0.2, 0) is 7.05 Å². The van der Waals surface area contributed by atoms with Gasteiger partial charge in [-0.05, 0) is 39.2 Å². The molecule has 1 fully saturated rings. The van der Waals surface area contributed by atoms with E-state index in [1.54, 1.807) is 10.9 Å². The molecule has 1 heterocycles. The maximum atomic E-state index is 12.7. The number of carbonyl (C=O) groups excluding carboxylic acids is 1. The van der Waals surface area contributed by atoms with Crippen LogP contribution in [0.15, 0.2) is 6.20 Å². The largest absolute Gasteiger partial charge is 0.336 e. The van der Waals surface area contributed by atoms with Crippen LogP contribution >= 0.6 is 0 Å². The summed E-state index contributed by atoms with van der Waals surface area (Å²) in [6, 6.07) is 0.294. The highest BCUT2D eigenvalue weighted by molar-refractivity contribution is 5.95. The SMILES string of the molecule is CCN(C(=O)c1cnn(C)c1C)C1CCCC1CN. The minimum atomic E-state index is 0.0958. The van der Waals surface area contributed by atoms with Crippen LogP contribution in [-0.4, -0.2) is 39.7 Å². The Hall–Kier alpha value is -1.36. The molecule has 106 valence electrons. The maximum Gasteiger partial charge on any atom is 0.257 e. The number of carbonyl (C=O) groups is 1. The summed E-state index contributed by atoms with van der Waals surface area (Å²) in [4.78, 5) is 14.7. The highest BCUT2D eigenvalue weighted by Crippen LogP contribution is 2.30. The van der Waals surface area contributed by atoms with Crippen molar-refractivity contribution in [2.75, 3.05) is 13.1 Å². The van der Waals surface area contributed by atoms with Crippen molar-refractivity contribution >= 4 is 5.91 Å². The molecule has 2 unspecified atom stereocenters. The zero-order chi connectivity index (χ0) is 14.0. The number of aromatic nitrogens is 2. The van der Waals surface area contributed by atoms with E-state index in [1.165, 1.54) is 6.42 Å². The quantitative estimate of drug-likeness (QED) is 0.892. The van der Waals surface area contributed by atoms with Gasteiger partial charge < -0.3 is 10.6 Å².